The number of hydrogen-bond acceptors (Lipinski definition) is 6. The number of esters is 1. The number of benzene rings is 1. The number of nitrogens with zero attached hydrogens (tertiary/aromatic N) is 4. The number of halogens is 1. The third-order valence-electron chi connectivity index (χ3n) is 5.38. The maximum Gasteiger partial charge on any atom is 0.306 e. The standard InChI is InChI=1S/C23H29ClN4O3/c1-4-31-22(30)10-9-21(29)27-11-13-28(14-12-27)23-20(16(2)25-17(3)26-23)15-18-5-7-19(24)8-6-18/h5-8H,4,9-15H2,1-3H3. The Morgan fingerprint density at radius 3 is 2.35 bits per heavy atom. The van der Waals surface area contributed by atoms with Crippen LogP contribution < -0.4 is 4.90 Å². The first kappa shape index (κ1) is 23.0. The maximum atomic E-state index is 12.5. The normalized spacial score (nSPS) is 13.9. The van der Waals surface area contributed by atoms with Gasteiger partial charge in [-0.1, -0.05) is 23.7 Å². The van der Waals surface area contributed by atoms with E-state index >= 15 is 0 Å². The topological polar surface area (TPSA) is 75.6 Å². The summed E-state index contributed by atoms with van der Waals surface area (Å²) < 4.78 is 4.91. The minimum Gasteiger partial charge on any atom is -0.466 e. The lowest BCUT2D eigenvalue weighted by molar-refractivity contribution is -0.145. The summed E-state index contributed by atoms with van der Waals surface area (Å²) in [5.74, 6) is 1.33. The molecule has 1 aromatic heterocycles. The number of carbonyl (C=O) groups is 2. The second-order valence-corrected chi connectivity index (χ2v) is 8.07. The lowest BCUT2D eigenvalue weighted by Crippen LogP contribution is -2.49. The van der Waals surface area contributed by atoms with Crippen molar-refractivity contribution in [2.45, 2.75) is 40.0 Å². The Morgan fingerprint density at radius 2 is 1.71 bits per heavy atom. The molecule has 0 spiro atoms. The number of rotatable bonds is 7. The minimum atomic E-state index is -0.326. The molecule has 0 N–H and O–H groups in total. The van der Waals surface area contributed by atoms with Gasteiger partial charge in [-0.25, -0.2) is 9.97 Å². The summed E-state index contributed by atoms with van der Waals surface area (Å²) in [6.07, 6.45) is 1.03. The lowest BCUT2D eigenvalue weighted by Gasteiger charge is -2.36. The Kier molecular flexibility index (Phi) is 7.85. The zero-order chi connectivity index (χ0) is 22.4. The van der Waals surface area contributed by atoms with Crippen molar-refractivity contribution in [2.24, 2.45) is 0 Å². The summed E-state index contributed by atoms with van der Waals surface area (Å²) in [7, 11) is 0. The van der Waals surface area contributed by atoms with E-state index in [1.165, 1.54) is 0 Å². The van der Waals surface area contributed by atoms with Crippen molar-refractivity contribution in [3.63, 3.8) is 0 Å². The first-order valence-electron chi connectivity index (χ1n) is 10.6. The first-order valence-corrected chi connectivity index (χ1v) is 11.0. The van der Waals surface area contributed by atoms with Gasteiger partial charge in [0.05, 0.1) is 13.0 Å². The van der Waals surface area contributed by atoms with E-state index in [4.69, 9.17) is 21.3 Å². The highest BCUT2D eigenvalue weighted by Crippen LogP contribution is 2.26. The van der Waals surface area contributed by atoms with Crippen molar-refractivity contribution in [1.82, 2.24) is 14.9 Å². The molecule has 0 aliphatic carbocycles. The van der Waals surface area contributed by atoms with E-state index in [0.717, 1.165) is 34.9 Å². The number of piperazine rings is 1. The van der Waals surface area contributed by atoms with Crippen LogP contribution in [-0.4, -0.2) is 59.5 Å². The maximum absolute atomic E-state index is 12.5. The van der Waals surface area contributed by atoms with Crippen LogP contribution in [-0.2, 0) is 20.7 Å². The van der Waals surface area contributed by atoms with Crippen molar-refractivity contribution in [1.29, 1.82) is 0 Å². The monoisotopic (exact) mass is 444 g/mol. The van der Waals surface area contributed by atoms with Gasteiger partial charge < -0.3 is 14.5 Å². The summed E-state index contributed by atoms with van der Waals surface area (Å²) in [6.45, 7) is 8.59. The average Bonchev–Trinajstić information content (AvgIpc) is 2.75. The van der Waals surface area contributed by atoms with Gasteiger partial charge in [-0.3, -0.25) is 9.59 Å². The van der Waals surface area contributed by atoms with Crippen molar-refractivity contribution >= 4 is 29.3 Å². The van der Waals surface area contributed by atoms with Crippen LogP contribution in [0.5, 0.6) is 0 Å². The average molecular weight is 445 g/mol. The van der Waals surface area contributed by atoms with E-state index in [1.54, 1.807) is 6.92 Å². The number of aryl methyl sites for hydroxylation is 2. The molecule has 7 nitrogen and oxygen atoms in total. The van der Waals surface area contributed by atoms with E-state index in [2.05, 4.69) is 9.88 Å². The zero-order valence-electron chi connectivity index (χ0n) is 18.4. The van der Waals surface area contributed by atoms with Gasteiger partial charge in [0.1, 0.15) is 11.6 Å². The Morgan fingerprint density at radius 1 is 1.03 bits per heavy atom. The molecule has 2 aromatic rings. The SMILES string of the molecule is CCOC(=O)CCC(=O)N1CCN(c2nc(C)nc(C)c2Cc2ccc(Cl)cc2)CC1. The Hall–Kier alpha value is -2.67. The number of aromatic nitrogens is 2. The highest BCUT2D eigenvalue weighted by molar-refractivity contribution is 6.30. The van der Waals surface area contributed by atoms with E-state index < -0.39 is 0 Å². The first-order chi connectivity index (χ1) is 14.9. The molecule has 1 aliphatic heterocycles. The van der Waals surface area contributed by atoms with Gasteiger partial charge in [0.25, 0.3) is 0 Å². The predicted molar refractivity (Wildman–Crippen MR) is 120 cm³/mol. The number of carbonyl (C=O) groups excluding carboxylic acids is 2. The Balaban J connectivity index is 1.67. The molecule has 3 rings (SSSR count). The molecular formula is C23H29ClN4O3. The fraction of sp³-hybridized carbons (Fsp3) is 0.478. The van der Waals surface area contributed by atoms with Crippen LogP contribution in [0.3, 0.4) is 0 Å². The molecule has 0 bridgehead atoms. The van der Waals surface area contributed by atoms with Crippen LogP contribution in [0.2, 0.25) is 5.02 Å². The molecule has 1 aromatic carbocycles. The fourth-order valence-corrected chi connectivity index (χ4v) is 3.89. The van der Waals surface area contributed by atoms with Gasteiger partial charge >= 0.3 is 5.97 Å². The van der Waals surface area contributed by atoms with Crippen molar-refractivity contribution in [3.05, 3.63) is 51.9 Å². The predicted octanol–water partition coefficient (Wildman–Crippen LogP) is 3.33. The van der Waals surface area contributed by atoms with Crippen LogP contribution >= 0.6 is 11.6 Å². The Labute approximate surface area is 188 Å². The molecule has 0 radical (unpaired) electrons. The van der Waals surface area contributed by atoms with Gasteiger partial charge in [0.15, 0.2) is 0 Å². The number of hydrogen-bond donors (Lipinski definition) is 0. The molecule has 1 saturated heterocycles. The molecule has 0 unspecified atom stereocenters. The van der Waals surface area contributed by atoms with Crippen molar-refractivity contribution < 1.29 is 14.3 Å². The molecule has 31 heavy (non-hydrogen) atoms. The molecule has 0 saturated carbocycles. The van der Waals surface area contributed by atoms with Crippen LogP contribution in [0.4, 0.5) is 5.82 Å². The zero-order valence-corrected chi connectivity index (χ0v) is 19.1. The summed E-state index contributed by atoms with van der Waals surface area (Å²) >= 11 is 6.02. The largest absolute Gasteiger partial charge is 0.466 e. The van der Waals surface area contributed by atoms with E-state index in [9.17, 15) is 9.59 Å². The van der Waals surface area contributed by atoms with Crippen molar-refractivity contribution in [3.8, 4) is 0 Å². The van der Waals surface area contributed by atoms with E-state index in [0.29, 0.717) is 37.8 Å². The molecule has 8 heteroatoms. The molecule has 1 amide bonds. The number of ether oxygens (including phenoxy) is 1. The molecule has 1 fully saturated rings. The summed E-state index contributed by atoms with van der Waals surface area (Å²) in [4.78, 5) is 37.3. The van der Waals surface area contributed by atoms with Crippen molar-refractivity contribution in [2.75, 3.05) is 37.7 Å². The highest BCUT2D eigenvalue weighted by Gasteiger charge is 2.25. The van der Waals surface area contributed by atoms with Gasteiger partial charge in [-0.05, 0) is 38.5 Å². The minimum absolute atomic E-state index is 0.0101. The van der Waals surface area contributed by atoms with Crippen LogP contribution in [0.15, 0.2) is 24.3 Å². The summed E-state index contributed by atoms with van der Waals surface area (Å²) in [5.41, 5.74) is 3.20. The second kappa shape index (κ2) is 10.6. The molecule has 1 aliphatic rings. The highest BCUT2D eigenvalue weighted by atomic mass is 35.5. The third kappa shape index (κ3) is 6.17. The van der Waals surface area contributed by atoms with E-state index in [1.807, 2.05) is 43.0 Å². The smallest absolute Gasteiger partial charge is 0.306 e. The van der Waals surface area contributed by atoms with Crippen LogP contribution in [0.25, 0.3) is 0 Å². The summed E-state index contributed by atoms with van der Waals surface area (Å²) in [5, 5.41) is 0.713. The van der Waals surface area contributed by atoms with Crippen LogP contribution in [0, 0.1) is 13.8 Å². The fourth-order valence-electron chi connectivity index (χ4n) is 3.76. The van der Waals surface area contributed by atoms with Gasteiger partial charge in [0.2, 0.25) is 5.91 Å². The quantitative estimate of drug-likeness (QED) is 0.610. The van der Waals surface area contributed by atoms with Crippen LogP contribution in [0.1, 0.15) is 42.4 Å². The van der Waals surface area contributed by atoms with E-state index in [-0.39, 0.29) is 24.7 Å². The third-order valence-corrected chi connectivity index (χ3v) is 5.63. The lowest BCUT2D eigenvalue weighted by atomic mass is 10.0. The van der Waals surface area contributed by atoms with Gasteiger partial charge in [0, 0.05) is 55.3 Å². The summed E-state index contributed by atoms with van der Waals surface area (Å²) in [6, 6.07) is 7.82. The van der Waals surface area contributed by atoms with Gasteiger partial charge in [-0.2, -0.15) is 0 Å². The molecule has 166 valence electrons. The van der Waals surface area contributed by atoms with Gasteiger partial charge in [-0.15, -0.1) is 0 Å². The number of amides is 1. The Bertz CT molecular complexity index is 925. The molecule has 2 heterocycles. The molecule has 0 atom stereocenters. The second-order valence-electron chi connectivity index (χ2n) is 7.63. The number of anilines is 1. The molecular weight excluding hydrogens is 416 g/mol.